The Morgan fingerprint density at radius 2 is 1.02 bits per heavy atom. The molecule has 0 aromatic heterocycles. The number of ether oxygens (including phenoxy) is 6. The first-order chi connectivity index (χ1) is 20.2. The zero-order valence-electron chi connectivity index (χ0n) is 28.1. The van der Waals surface area contributed by atoms with Gasteiger partial charge in [0.2, 0.25) is 5.91 Å². The molecule has 0 aromatic rings. The monoisotopic (exact) mass is 743 g/mol. The summed E-state index contributed by atoms with van der Waals surface area (Å²) in [5, 5.41) is 2.71. The highest BCUT2D eigenvalue weighted by atomic mass is 127. The molecule has 0 aromatic carbocycles. The van der Waals surface area contributed by atoms with Gasteiger partial charge in [-0.25, -0.2) is 0 Å². The van der Waals surface area contributed by atoms with Crippen LogP contribution in [0.15, 0.2) is 0 Å². The first-order valence-corrected chi connectivity index (χ1v) is 16.4. The molecule has 0 aliphatic rings. The topological polar surface area (TPSA) is 153 Å². The van der Waals surface area contributed by atoms with Crippen molar-refractivity contribution in [2.45, 2.75) is 75.2 Å². The number of ketones is 1. The molecular formula is C31H54INO11. The Hall–Kier alpha value is -1.84. The van der Waals surface area contributed by atoms with E-state index < -0.39 is 39.6 Å². The molecule has 0 saturated carbocycles. The summed E-state index contributed by atoms with van der Waals surface area (Å²) in [6.45, 7) is 16.1. The molecule has 0 fully saturated rings. The largest absolute Gasteiger partial charge is 0.464 e. The third-order valence-electron chi connectivity index (χ3n) is 5.84. The summed E-state index contributed by atoms with van der Waals surface area (Å²) in [7, 11) is 0. The van der Waals surface area contributed by atoms with Crippen LogP contribution in [0.5, 0.6) is 0 Å². The van der Waals surface area contributed by atoms with E-state index in [1.807, 2.05) is 22.6 Å². The van der Waals surface area contributed by atoms with Gasteiger partial charge in [0.1, 0.15) is 26.4 Å². The standard InChI is InChI=1S/C31H54INO11/c1-28(2,3)25(36)42-20-31(21-43-26(37)29(4,5)6,22-44-27(38)30(7,8)9)19-41-18-23(34)11-10-13-39-15-16-40-14-12-33-24(35)17-32/h10-22H2,1-9H3,(H,33,35). The Balaban J connectivity index is 5.12. The minimum absolute atomic E-state index is 0.0401. The van der Waals surface area contributed by atoms with E-state index in [-0.39, 0.29) is 51.1 Å². The minimum atomic E-state index is -1.24. The molecule has 0 rings (SSSR count). The number of esters is 3. The molecule has 1 N–H and O–H groups in total. The lowest BCUT2D eigenvalue weighted by molar-refractivity contribution is -0.177. The summed E-state index contributed by atoms with van der Waals surface area (Å²) in [6.07, 6.45) is 0.696. The van der Waals surface area contributed by atoms with Gasteiger partial charge >= 0.3 is 17.9 Å². The molecule has 0 unspecified atom stereocenters. The number of carbonyl (C=O) groups is 5. The molecule has 0 heterocycles. The number of alkyl halides is 1. The van der Waals surface area contributed by atoms with Crippen molar-refractivity contribution in [1.82, 2.24) is 5.32 Å². The fraction of sp³-hybridized carbons (Fsp3) is 0.839. The van der Waals surface area contributed by atoms with Crippen molar-refractivity contribution in [2.75, 3.05) is 70.4 Å². The van der Waals surface area contributed by atoms with E-state index in [9.17, 15) is 24.0 Å². The third-order valence-corrected chi connectivity index (χ3v) is 6.54. The SMILES string of the molecule is CC(C)(C)C(=O)OCC(COCC(=O)CCCOCCOCCNC(=O)CI)(COC(=O)C(C)(C)C)COC(=O)C(C)(C)C. The molecule has 0 radical (unpaired) electrons. The predicted octanol–water partition coefficient (Wildman–Crippen LogP) is 3.69. The molecule has 44 heavy (non-hydrogen) atoms. The number of Topliss-reactive ketones (excluding diaryl/α,β-unsaturated/α-hetero) is 1. The summed E-state index contributed by atoms with van der Waals surface area (Å²) in [5.41, 5.74) is -3.64. The fourth-order valence-electron chi connectivity index (χ4n) is 3.01. The molecule has 0 spiro atoms. The van der Waals surface area contributed by atoms with Crippen molar-refractivity contribution in [3.63, 3.8) is 0 Å². The second kappa shape index (κ2) is 20.3. The maximum absolute atomic E-state index is 12.6. The quantitative estimate of drug-likeness (QED) is 0.0603. The number of hydrogen-bond donors (Lipinski definition) is 1. The van der Waals surface area contributed by atoms with Crippen molar-refractivity contribution in [2.24, 2.45) is 21.7 Å². The molecule has 13 heteroatoms. The lowest BCUT2D eigenvalue weighted by Crippen LogP contribution is -2.46. The smallest absolute Gasteiger partial charge is 0.311 e. The van der Waals surface area contributed by atoms with Crippen LogP contribution < -0.4 is 5.32 Å². The number of carbonyl (C=O) groups excluding carboxylic acids is 5. The fourth-order valence-corrected chi connectivity index (χ4v) is 3.28. The maximum atomic E-state index is 12.6. The van der Waals surface area contributed by atoms with E-state index in [1.54, 1.807) is 62.3 Å². The van der Waals surface area contributed by atoms with E-state index in [1.165, 1.54) is 0 Å². The van der Waals surface area contributed by atoms with Crippen LogP contribution in [0.2, 0.25) is 0 Å². The molecular weight excluding hydrogens is 689 g/mol. The highest BCUT2D eigenvalue weighted by Gasteiger charge is 2.40. The highest BCUT2D eigenvalue weighted by molar-refractivity contribution is 14.1. The van der Waals surface area contributed by atoms with Crippen LogP contribution in [0, 0.1) is 21.7 Å². The van der Waals surface area contributed by atoms with Gasteiger partial charge < -0.3 is 33.7 Å². The molecule has 0 saturated heterocycles. The summed E-state index contributed by atoms with van der Waals surface area (Å²) < 4.78 is 33.8. The normalized spacial score (nSPS) is 12.4. The van der Waals surface area contributed by atoms with Crippen molar-refractivity contribution >= 4 is 52.2 Å². The van der Waals surface area contributed by atoms with E-state index in [0.29, 0.717) is 43.8 Å². The molecule has 0 aliphatic carbocycles. The summed E-state index contributed by atoms with van der Waals surface area (Å²) >= 11 is 1.99. The molecule has 0 aliphatic heterocycles. The molecule has 0 atom stereocenters. The average molecular weight is 744 g/mol. The minimum Gasteiger partial charge on any atom is -0.464 e. The maximum Gasteiger partial charge on any atom is 0.311 e. The Morgan fingerprint density at radius 3 is 1.43 bits per heavy atom. The van der Waals surface area contributed by atoms with Crippen LogP contribution in [-0.2, 0) is 52.4 Å². The molecule has 0 bridgehead atoms. The third kappa shape index (κ3) is 19.5. The Kier molecular flexibility index (Phi) is 19.5. The van der Waals surface area contributed by atoms with Crippen LogP contribution in [0.25, 0.3) is 0 Å². The number of rotatable bonds is 21. The molecule has 12 nitrogen and oxygen atoms in total. The van der Waals surface area contributed by atoms with Crippen LogP contribution >= 0.6 is 22.6 Å². The van der Waals surface area contributed by atoms with Gasteiger partial charge in [-0.3, -0.25) is 24.0 Å². The van der Waals surface area contributed by atoms with Crippen molar-refractivity contribution in [3.05, 3.63) is 0 Å². The number of halogens is 1. The van der Waals surface area contributed by atoms with Gasteiger partial charge in [-0.1, -0.05) is 22.6 Å². The van der Waals surface area contributed by atoms with Gasteiger partial charge in [0, 0.05) is 19.6 Å². The molecule has 256 valence electrons. The first-order valence-electron chi connectivity index (χ1n) is 14.8. The van der Waals surface area contributed by atoms with Gasteiger partial charge in [-0.05, 0) is 68.7 Å². The van der Waals surface area contributed by atoms with Crippen molar-refractivity contribution in [1.29, 1.82) is 0 Å². The van der Waals surface area contributed by atoms with Crippen LogP contribution in [-0.4, -0.2) is 100 Å². The van der Waals surface area contributed by atoms with Gasteiger partial charge in [-0.15, -0.1) is 0 Å². The van der Waals surface area contributed by atoms with E-state index in [0.717, 1.165) is 0 Å². The van der Waals surface area contributed by atoms with Crippen LogP contribution in [0.1, 0.15) is 75.2 Å². The van der Waals surface area contributed by atoms with E-state index >= 15 is 0 Å². The Morgan fingerprint density at radius 1 is 0.591 bits per heavy atom. The van der Waals surface area contributed by atoms with Gasteiger partial charge in [0.15, 0.2) is 5.78 Å². The second-order valence-corrected chi connectivity index (χ2v) is 14.6. The van der Waals surface area contributed by atoms with E-state index in [2.05, 4.69) is 5.32 Å². The van der Waals surface area contributed by atoms with Gasteiger partial charge in [0.25, 0.3) is 0 Å². The van der Waals surface area contributed by atoms with Gasteiger partial charge in [0.05, 0.1) is 52.5 Å². The Labute approximate surface area is 276 Å². The lowest BCUT2D eigenvalue weighted by atomic mass is 9.90. The second-order valence-electron chi connectivity index (χ2n) is 13.8. The van der Waals surface area contributed by atoms with Crippen LogP contribution in [0.4, 0.5) is 0 Å². The first kappa shape index (κ1) is 42.2. The zero-order chi connectivity index (χ0) is 34.0. The van der Waals surface area contributed by atoms with Crippen LogP contribution in [0.3, 0.4) is 0 Å². The summed E-state index contributed by atoms with van der Waals surface area (Å²) in [6, 6.07) is 0. The zero-order valence-corrected chi connectivity index (χ0v) is 30.2. The predicted molar refractivity (Wildman–Crippen MR) is 172 cm³/mol. The average Bonchev–Trinajstić information content (AvgIpc) is 2.92. The number of hydrogen-bond acceptors (Lipinski definition) is 11. The molecule has 1 amide bonds. The number of amides is 1. The van der Waals surface area contributed by atoms with Gasteiger partial charge in [-0.2, -0.15) is 0 Å². The van der Waals surface area contributed by atoms with Crippen molar-refractivity contribution in [3.8, 4) is 0 Å². The summed E-state index contributed by atoms with van der Waals surface area (Å²) in [4.78, 5) is 61.5. The van der Waals surface area contributed by atoms with E-state index in [4.69, 9.17) is 28.4 Å². The Bertz CT molecular complexity index is 843. The lowest BCUT2D eigenvalue weighted by Gasteiger charge is -2.34. The highest BCUT2D eigenvalue weighted by Crippen LogP contribution is 2.27. The number of nitrogens with one attached hydrogen (secondary N) is 1. The summed E-state index contributed by atoms with van der Waals surface area (Å²) in [5.74, 6) is -1.68. The van der Waals surface area contributed by atoms with Crippen molar-refractivity contribution < 1.29 is 52.4 Å².